The Morgan fingerprint density at radius 1 is 1.38 bits per heavy atom. The van der Waals surface area contributed by atoms with Crippen molar-refractivity contribution in [2.75, 3.05) is 20.2 Å². The smallest absolute Gasteiger partial charge is 0.239 e. The zero-order valence-electron chi connectivity index (χ0n) is 12.7. The fraction of sp³-hybridized carbons (Fsp3) is 0.562. The van der Waals surface area contributed by atoms with Gasteiger partial charge in [0.15, 0.2) is 11.6 Å². The number of rotatable bonds is 5. The van der Waals surface area contributed by atoms with Crippen LogP contribution in [0, 0.1) is 5.82 Å². The Morgan fingerprint density at radius 2 is 2.10 bits per heavy atom. The molecule has 0 spiro atoms. The number of halogens is 1. The molecule has 0 bridgehead atoms. The van der Waals surface area contributed by atoms with Gasteiger partial charge < -0.3 is 15.0 Å². The first-order chi connectivity index (χ1) is 10.1. The Labute approximate surface area is 125 Å². The summed E-state index contributed by atoms with van der Waals surface area (Å²) in [7, 11) is 1.44. The fourth-order valence-electron chi connectivity index (χ4n) is 2.59. The molecule has 5 heteroatoms. The Kier molecular flexibility index (Phi) is 5.56. The van der Waals surface area contributed by atoms with E-state index in [1.54, 1.807) is 18.2 Å². The molecule has 1 atom stereocenters. The molecule has 1 saturated heterocycles. The molecule has 0 saturated carbocycles. The Bertz CT molecular complexity index is 487. The van der Waals surface area contributed by atoms with Crippen LogP contribution in [0.4, 0.5) is 4.39 Å². The molecule has 1 aliphatic heterocycles. The summed E-state index contributed by atoms with van der Waals surface area (Å²) >= 11 is 0. The topological polar surface area (TPSA) is 41.6 Å². The molecule has 116 valence electrons. The zero-order chi connectivity index (χ0) is 15.2. The molecule has 1 unspecified atom stereocenters. The maximum Gasteiger partial charge on any atom is 0.239 e. The van der Waals surface area contributed by atoms with E-state index in [9.17, 15) is 9.18 Å². The number of nitrogens with one attached hydrogen (secondary N) is 1. The molecule has 21 heavy (non-hydrogen) atoms. The maximum atomic E-state index is 14.0. The van der Waals surface area contributed by atoms with Gasteiger partial charge in [-0.1, -0.05) is 12.1 Å². The predicted octanol–water partition coefficient (Wildman–Crippen LogP) is 2.32. The third kappa shape index (κ3) is 3.94. The van der Waals surface area contributed by atoms with Gasteiger partial charge in [-0.3, -0.25) is 4.79 Å². The average molecular weight is 294 g/mol. The Hall–Kier alpha value is -1.62. The lowest BCUT2D eigenvalue weighted by Gasteiger charge is -2.29. The van der Waals surface area contributed by atoms with Gasteiger partial charge in [0.25, 0.3) is 0 Å². The van der Waals surface area contributed by atoms with E-state index in [1.807, 2.05) is 11.8 Å². The van der Waals surface area contributed by atoms with Gasteiger partial charge in [0.1, 0.15) is 0 Å². The number of carbonyl (C=O) groups excluding carboxylic acids is 1. The molecule has 1 aliphatic rings. The van der Waals surface area contributed by atoms with Crippen molar-refractivity contribution in [3.8, 4) is 5.75 Å². The van der Waals surface area contributed by atoms with Gasteiger partial charge in [-0.05, 0) is 32.3 Å². The third-order valence-electron chi connectivity index (χ3n) is 3.90. The van der Waals surface area contributed by atoms with Crippen molar-refractivity contribution in [1.29, 1.82) is 0 Å². The average Bonchev–Trinajstić information content (AvgIpc) is 2.53. The summed E-state index contributed by atoms with van der Waals surface area (Å²) in [6.07, 6.45) is 3.34. The summed E-state index contributed by atoms with van der Waals surface area (Å²) < 4.78 is 19.0. The minimum Gasteiger partial charge on any atom is -0.494 e. The van der Waals surface area contributed by atoms with Gasteiger partial charge in [0.2, 0.25) is 5.91 Å². The van der Waals surface area contributed by atoms with E-state index < -0.39 is 0 Å². The zero-order valence-corrected chi connectivity index (χ0v) is 12.7. The van der Waals surface area contributed by atoms with E-state index in [0.29, 0.717) is 12.1 Å². The van der Waals surface area contributed by atoms with Crippen LogP contribution in [0.15, 0.2) is 18.2 Å². The van der Waals surface area contributed by atoms with Crippen LogP contribution in [-0.4, -0.2) is 37.0 Å². The number of ether oxygens (including phenoxy) is 1. The first-order valence-electron chi connectivity index (χ1n) is 7.47. The summed E-state index contributed by atoms with van der Waals surface area (Å²) in [6.45, 7) is 3.80. The second-order valence-corrected chi connectivity index (χ2v) is 5.42. The second kappa shape index (κ2) is 7.41. The largest absolute Gasteiger partial charge is 0.494 e. The van der Waals surface area contributed by atoms with E-state index in [2.05, 4.69) is 5.32 Å². The Morgan fingerprint density at radius 3 is 2.76 bits per heavy atom. The maximum absolute atomic E-state index is 14.0. The van der Waals surface area contributed by atoms with Crippen molar-refractivity contribution in [2.24, 2.45) is 0 Å². The number of hydrogen-bond donors (Lipinski definition) is 1. The van der Waals surface area contributed by atoms with Crippen LogP contribution in [-0.2, 0) is 11.3 Å². The Balaban J connectivity index is 1.91. The van der Waals surface area contributed by atoms with Gasteiger partial charge in [-0.25, -0.2) is 4.39 Å². The van der Waals surface area contributed by atoms with Gasteiger partial charge >= 0.3 is 0 Å². The van der Waals surface area contributed by atoms with Crippen LogP contribution >= 0.6 is 0 Å². The molecule has 4 nitrogen and oxygen atoms in total. The highest BCUT2D eigenvalue weighted by molar-refractivity contribution is 5.81. The third-order valence-corrected chi connectivity index (χ3v) is 3.90. The quantitative estimate of drug-likeness (QED) is 0.906. The van der Waals surface area contributed by atoms with Crippen molar-refractivity contribution in [1.82, 2.24) is 10.2 Å². The molecular formula is C16H23FN2O2. The minimum atomic E-state index is -0.370. The normalized spacial score (nSPS) is 16.6. The summed E-state index contributed by atoms with van der Waals surface area (Å²) in [5, 5.41) is 3.10. The summed E-state index contributed by atoms with van der Waals surface area (Å²) in [6, 6.07) is 4.72. The van der Waals surface area contributed by atoms with Crippen molar-refractivity contribution in [3.05, 3.63) is 29.6 Å². The lowest BCUT2D eigenvalue weighted by molar-refractivity contribution is -0.133. The highest BCUT2D eigenvalue weighted by atomic mass is 19.1. The number of hydrogen-bond acceptors (Lipinski definition) is 3. The number of amides is 1. The highest BCUT2D eigenvalue weighted by Gasteiger charge is 2.22. The van der Waals surface area contributed by atoms with Crippen LogP contribution in [0.25, 0.3) is 0 Å². The second-order valence-electron chi connectivity index (χ2n) is 5.42. The number of likely N-dealkylation sites (tertiary alicyclic amines) is 1. The lowest BCUT2D eigenvalue weighted by Crippen LogP contribution is -2.46. The molecule has 1 amide bonds. The van der Waals surface area contributed by atoms with Gasteiger partial charge in [-0.15, -0.1) is 0 Å². The van der Waals surface area contributed by atoms with Crippen molar-refractivity contribution < 1.29 is 13.9 Å². The number of nitrogens with zero attached hydrogens (tertiary/aromatic N) is 1. The van der Waals surface area contributed by atoms with E-state index >= 15 is 0 Å². The summed E-state index contributed by atoms with van der Waals surface area (Å²) in [4.78, 5) is 14.2. The van der Waals surface area contributed by atoms with Crippen molar-refractivity contribution in [2.45, 2.75) is 38.8 Å². The molecule has 0 aromatic heterocycles. The summed E-state index contributed by atoms with van der Waals surface area (Å²) in [5.74, 6) is -0.0487. The summed E-state index contributed by atoms with van der Waals surface area (Å²) in [5.41, 5.74) is 0.507. The van der Waals surface area contributed by atoms with Gasteiger partial charge in [0, 0.05) is 25.2 Å². The molecule has 1 N–H and O–H groups in total. The SMILES string of the molecule is COc1cccc(CNC(C)C(=O)N2CCCCC2)c1F. The molecule has 2 rings (SSSR count). The molecule has 0 aliphatic carbocycles. The molecule has 1 fully saturated rings. The molecule has 1 aromatic carbocycles. The van der Waals surface area contributed by atoms with Crippen LogP contribution in [0.2, 0.25) is 0 Å². The van der Waals surface area contributed by atoms with E-state index in [0.717, 1.165) is 25.9 Å². The van der Waals surface area contributed by atoms with E-state index in [-0.39, 0.29) is 23.5 Å². The minimum absolute atomic E-state index is 0.0954. The number of methoxy groups -OCH3 is 1. The van der Waals surface area contributed by atoms with E-state index in [1.165, 1.54) is 13.5 Å². The van der Waals surface area contributed by atoms with Crippen LogP contribution in [0.1, 0.15) is 31.7 Å². The monoisotopic (exact) mass is 294 g/mol. The molecular weight excluding hydrogens is 271 g/mol. The molecule has 1 aromatic rings. The van der Waals surface area contributed by atoms with E-state index in [4.69, 9.17) is 4.74 Å². The standard InChI is InChI=1S/C16H23FN2O2/c1-12(16(20)19-9-4-3-5-10-19)18-11-13-7-6-8-14(21-2)15(13)17/h6-8,12,18H,3-5,9-11H2,1-2H3. The van der Waals surface area contributed by atoms with Crippen LogP contribution in [0.3, 0.4) is 0 Å². The van der Waals surface area contributed by atoms with Gasteiger partial charge in [-0.2, -0.15) is 0 Å². The highest BCUT2D eigenvalue weighted by Crippen LogP contribution is 2.20. The number of piperidine rings is 1. The predicted molar refractivity (Wildman–Crippen MR) is 79.7 cm³/mol. The van der Waals surface area contributed by atoms with Gasteiger partial charge in [0.05, 0.1) is 13.2 Å². The lowest BCUT2D eigenvalue weighted by atomic mass is 10.1. The number of carbonyl (C=O) groups is 1. The first-order valence-corrected chi connectivity index (χ1v) is 7.47. The molecule has 0 radical (unpaired) electrons. The first kappa shape index (κ1) is 15.8. The van der Waals surface area contributed by atoms with Crippen molar-refractivity contribution in [3.63, 3.8) is 0 Å². The van der Waals surface area contributed by atoms with Crippen molar-refractivity contribution >= 4 is 5.91 Å². The van der Waals surface area contributed by atoms with Crippen LogP contribution in [0.5, 0.6) is 5.75 Å². The fourth-order valence-corrected chi connectivity index (χ4v) is 2.59. The number of benzene rings is 1. The molecule has 1 heterocycles. The van der Waals surface area contributed by atoms with Crippen LogP contribution < -0.4 is 10.1 Å².